The normalized spacial score (nSPS) is 23.4. The first-order valence-corrected chi connectivity index (χ1v) is 5.90. The maximum atomic E-state index is 12.4. The van der Waals surface area contributed by atoms with Crippen molar-refractivity contribution in [1.29, 1.82) is 0 Å². The van der Waals surface area contributed by atoms with E-state index in [-0.39, 0.29) is 18.3 Å². The second kappa shape index (κ2) is 7.51. The van der Waals surface area contributed by atoms with Gasteiger partial charge >= 0.3 is 0 Å². The number of rotatable bonds is 5. The van der Waals surface area contributed by atoms with E-state index < -0.39 is 5.54 Å². The summed E-state index contributed by atoms with van der Waals surface area (Å²) in [6, 6.07) is 0. The molecule has 17 heavy (non-hydrogen) atoms. The molecule has 1 fully saturated rings. The van der Waals surface area contributed by atoms with Crippen molar-refractivity contribution in [2.45, 2.75) is 31.7 Å². The molecule has 0 aliphatic carbocycles. The maximum absolute atomic E-state index is 12.4. The Morgan fingerprint density at radius 3 is 2.35 bits per heavy atom. The molecule has 1 saturated heterocycles. The summed E-state index contributed by atoms with van der Waals surface area (Å²) in [5, 5.41) is 3.33. The number of hydrogen-bond donors (Lipinski definition) is 1. The molecule has 0 aromatic carbocycles. The summed E-state index contributed by atoms with van der Waals surface area (Å²) in [7, 11) is 0. The number of hydrogen-bond acceptors (Lipinski definition) is 2. The lowest BCUT2D eigenvalue weighted by Gasteiger charge is -2.37. The minimum absolute atomic E-state index is 0. The molecule has 0 aromatic heterocycles. The van der Waals surface area contributed by atoms with Crippen LogP contribution in [0.4, 0.5) is 0 Å². The van der Waals surface area contributed by atoms with E-state index in [1.807, 2.05) is 6.92 Å². The Hall–Kier alpha value is -0.800. The van der Waals surface area contributed by atoms with Crippen LogP contribution in [0.2, 0.25) is 0 Å². The van der Waals surface area contributed by atoms with Gasteiger partial charge in [0.2, 0.25) is 5.91 Å². The Bertz CT molecular complexity index is 263. The highest BCUT2D eigenvalue weighted by atomic mass is 35.5. The van der Waals surface area contributed by atoms with E-state index in [1.54, 1.807) is 17.1 Å². The molecule has 98 valence electrons. The molecule has 1 N–H and O–H groups in total. The lowest BCUT2D eigenvalue weighted by atomic mass is 9.89. The van der Waals surface area contributed by atoms with E-state index in [1.165, 1.54) is 0 Å². The third kappa shape index (κ3) is 4.17. The van der Waals surface area contributed by atoms with Crippen LogP contribution >= 0.6 is 12.4 Å². The first-order valence-electron chi connectivity index (χ1n) is 5.90. The van der Waals surface area contributed by atoms with Crippen LogP contribution in [-0.4, -0.2) is 36.0 Å². The predicted octanol–water partition coefficient (Wildman–Crippen LogP) is 2.14. The molecule has 1 aliphatic heterocycles. The fraction of sp³-hybridized carbons (Fsp3) is 0.615. The monoisotopic (exact) mass is 258 g/mol. The van der Waals surface area contributed by atoms with Crippen LogP contribution in [0.15, 0.2) is 25.3 Å². The Kier molecular flexibility index (Phi) is 7.16. The lowest BCUT2D eigenvalue weighted by molar-refractivity contribution is -0.137. The lowest BCUT2D eigenvalue weighted by Crippen LogP contribution is -2.58. The van der Waals surface area contributed by atoms with Crippen LogP contribution in [-0.2, 0) is 4.79 Å². The summed E-state index contributed by atoms with van der Waals surface area (Å²) in [6.45, 7) is 11.5. The van der Waals surface area contributed by atoms with Gasteiger partial charge in [0.15, 0.2) is 0 Å². The van der Waals surface area contributed by atoms with Crippen LogP contribution in [0, 0.1) is 0 Å². The molecule has 3 nitrogen and oxygen atoms in total. The second-order valence-corrected chi connectivity index (χ2v) is 4.50. The van der Waals surface area contributed by atoms with Gasteiger partial charge in [0.05, 0.1) is 5.54 Å². The van der Waals surface area contributed by atoms with E-state index in [0.29, 0.717) is 13.1 Å². The van der Waals surface area contributed by atoms with Crippen molar-refractivity contribution in [2.75, 3.05) is 19.6 Å². The molecule has 0 aromatic rings. The Morgan fingerprint density at radius 2 is 1.94 bits per heavy atom. The van der Waals surface area contributed by atoms with Crippen molar-refractivity contribution in [1.82, 2.24) is 10.2 Å². The number of piperidine rings is 1. The minimum Gasteiger partial charge on any atom is -0.334 e. The average molecular weight is 259 g/mol. The van der Waals surface area contributed by atoms with Crippen molar-refractivity contribution >= 4 is 18.3 Å². The second-order valence-electron chi connectivity index (χ2n) is 4.50. The number of carbonyl (C=O) groups excluding carboxylic acids is 1. The smallest absolute Gasteiger partial charge is 0.243 e. The Morgan fingerprint density at radius 1 is 1.35 bits per heavy atom. The summed E-state index contributed by atoms with van der Waals surface area (Å²) in [5.74, 6) is 0.159. The maximum Gasteiger partial charge on any atom is 0.243 e. The molecular formula is C13H23ClN2O. The van der Waals surface area contributed by atoms with Crippen LogP contribution in [0.25, 0.3) is 0 Å². The van der Waals surface area contributed by atoms with E-state index in [2.05, 4.69) is 18.5 Å². The van der Waals surface area contributed by atoms with E-state index in [9.17, 15) is 4.79 Å². The largest absolute Gasteiger partial charge is 0.334 e. The number of amides is 1. The summed E-state index contributed by atoms with van der Waals surface area (Å²) < 4.78 is 0. The van der Waals surface area contributed by atoms with E-state index in [0.717, 1.165) is 25.8 Å². The van der Waals surface area contributed by atoms with Crippen LogP contribution in [0.5, 0.6) is 0 Å². The average Bonchev–Trinajstić information content (AvgIpc) is 2.29. The third-order valence-corrected chi connectivity index (χ3v) is 3.08. The van der Waals surface area contributed by atoms with Crippen molar-refractivity contribution in [2.24, 2.45) is 0 Å². The molecule has 0 spiro atoms. The zero-order chi connectivity index (χ0) is 12.0. The summed E-state index contributed by atoms with van der Waals surface area (Å²) in [5.41, 5.74) is -0.399. The molecule has 4 heteroatoms. The van der Waals surface area contributed by atoms with Gasteiger partial charge in [0.1, 0.15) is 0 Å². The van der Waals surface area contributed by atoms with Crippen molar-refractivity contribution < 1.29 is 4.79 Å². The van der Waals surface area contributed by atoms with E-state index in [4.69, 9.17) is 0 Å². The van der Waals surface area contributed by atoms with Gasteiger partial charge in [-0.1, -0.05) is 12.2 Å². The molecule has 0 radical (unpaired) electrons. The summed E-state index contributed by atoms with van der Waals surface area (Å²) in [6.07, 6.45) is 6.70. The molecular weight excluding hydrogens is 236 g/mol. The molecule has 1 amide bonds. The van der Waals surface area contributed by atoms with Crippen molar-refractivity contribution in [3.63, 3.8) is 0 Å². The summed E-state index contributed by atoms with van der Waals surface area (Å²) >= 11 is 0. The van der Waals surface area contributed by atoms with Gasteiger partial charge in [-0.2, -0.15) is 0 Å². The third-order valence-electron chi connectivity index (χ3n) is 3.08. The van der Waals surface area contributed by atoms with E-state index >= 15 is 0 Å². The fourth-order valence-electron chi connectivity index (χ4n) is 2.14. The van der Waals surface area contributed by atoms with Gasteiger partial charge in [-0.3, -0.25) is 4.79 Å². The predicted molar refractivity (Wildman–Crippen MR) is 74.5 cm³/mol. The van der Waals surface area contributed by atoms with Gasteiger partial charge in [-0.25, -0.2) is 0 Å². The highest BCUT2D eigenvalue weighted by Gasteiger charge is 2.36. The molecule has 0 saturated carbocycles. The number of carbonyl (C=O) groups is 1. The molecule has 1 atom stereocenters. The van der Waals surface area contributed by atoms with Crippen molar-refractivity contribution in [3.05, 3.63) is 25.3 Å². The molecule has 1 aliphatic rings. The summed E-state index contributed by atoms with van der Waals surface area (Å²) in [4.78, 5) is 14.2. The van der Waals surface area contributed by atoms with Crippen molar-refractivity contribution in [3.8, 4) is 0 Å². The number of halogens is 1. The first kappa shape index (κ1) is 16.2. The zero-order valence-electron chi connectivity index (χ0n) is 10.6. The van der Waals surface area contributed by atoms with Gasteiger partial charge in [-0.05, 0) is 32.7 Å². The molecule has 0 bridgehead atoms. The quantitative estimate of drug-likeness (QED) is 0.767. The van der Waals surface area contributed by atoms with Crippen LogP contribution in [0.1, 0.15) is 26.2 Å². The van der Waals surface area contributed by atoms with Gasteiger partial charge < -0.3 is 10.2 Å². The van der Waals surface area contributed by atoms with Gasteiger partial charge in [0, 0.05) is 13.1 Å². The Balaban J connectivity index is 0.00000256. The highest BCUT2D eigenvalue weighted by Crippen LogP contribution is 2.21. The van der Waals surface area contributed by atoms with Gasteiger partial charge in [0.25, 0.3) is 0 Å². The van der Waals surface area contributed by atoms with Crippen LogP contribution in [0.3, 0.4) is 0 Å². The van der Waals surface area contributed by atoms with Crippen LogP contribution < -0.4 is 5.32 Å². The number of nitrogens with one attached hydrogen (secondary N) is 1. The van der Waals surface area contributed by atoms with Gasteiger partial charge in [-0.15, -0.1) is 25.6 Å². The fourth-order valence-corrected chi connectivity index (χ4v) is 2.14. The molecule has 1 heterocycles. The Labute approximate surface area is 110 Å². The molecule has 1 unspecified atom stereocenters. The first-order chi connectivity index (χ1) is 7.64. The zero-order valence-corrected chi connectivity index (χ0v) is 11.4. The minimum atomic E-state index is -0.399. The SMILES string of the molecule is C=CCN(CC=C)C(=O)C1(C)CCCCN1.Cl. The number of nitrogens with zero attached hydrogens (tertiary/aromatic N) is 1. The molecule has 1 rings (SSSR count). The highest BCUT2D eigenvalue weighted by molar-refractivity contribution is 5.86. The topological polar surface area (TPSA) is 32.3 Å². The standard InChI is InChI=1S/C13H22N2O.ClH/c1-4-10-15(11-5-2)12(16)13(3)8-6-7-9-14-13;/h4-5,14H,1-2,6-11H2,3H3;1H.